The summed E-state index contributed by atoms with van der Waals surface area (Å²) in [6.45, 7) is 11.7. The van der Waals surface area contributed by atoms with Crippen LogP contribution < -0.4 is 10.6 Å². The summed E-state index contributed by atoms with van der Waals surface area (Å²) in [6.07, 6.45) is 6.76. The standard InChI is InChI=1S/C18H35N3O2/c1-14(13-21-11-5-6-12-21)19-15-7-9-16(10-8-15)20-17(22)23-18(2,3)4/h14-16,19H,5-13H2,1-4H3,(H,20,22). The summed E-state index contributed by atoms with van der Waals surface area (Å²) < 4.78 is 5.34. The van der Waals surface area contributed by atoms with Crippen LogP contribution in [0.15, 0.2) is 0 Å². The van der Waals surface area contributed by atoms with Gasteiger partial charge in [-0.25, -0.2) is 4.79 Å². The van der Waals surface area contributed by atoms with E-state index < -0.39 is 5.60 Å². The molecule has 1 saturated heterocycles. The van der Waals surface area contributed by atoms with Crippen LogP contribution in [0.3, 0.4) is 0 Å². The lowest BCUT2D eigenvalue weighted by Crippen LogP contribution is -2.47. The normalized spacial score (nSPS) is 27.7. The number of amides is 1. The SMILES string of the molecule is CC(CN1CCCC1)NC1CCC(NC(=O)OC(C)(C)C)CC1. The molecule has 0 aromatic heterocycles. The number of hydrogen-bond acceptors (Lipinski definition) is 4. The fraction of sp³-hybridized carbons (Fsp3) is 0.944. The van der Waals surface area contributed by atoms with Crippen LogP contribution in [0.1, 0.15) is 66.2 Å². The summed E-state index contributed by atoms with van der Waals surface area (Å²) in [5.74, 6) is 0. The fourth-order valence-corrected chi connectivity index (χ4v) is 3.69. The smallest absolute Gasteiger partial charge is 0.407 e. The molecule has 0 radical (unpaired) electrons. The molecule has 1 saturated carbocycles. The van der Waals surface area contributed by atoms with E-state index in [1.54, 1.807) is 0 Å². The third kappa shape index (κ3) is 7.08. The highest BCUT2D eigenvalue weighted by molar-refractivity contribution is 5.68. The Labute approximate surface area is 141 Å². The van der Waals surface area contributed by atoms with E-state index >= 15 is 0 Å². The predicted molar refractivity (Wildman–Crippen MR) is 93.7 cm³/mol. The average molecular weight is 325 g/mol. The second-order valence-corrected chi connectivity index (χ2v) is 8.27. The zero-order valence-corrected chi connectivity index (χ0v) is 15.4. The van der Waals surface area contributed by atoms with Crippen molar-refractivity contribution in [2.24, 2.45) is 0 Å². The minimum Gasteiger partial charge on any atom is -0.444 e. The van der Waals surface area contributed by atoms with Gasteiger partial charge in [0.2, 0.25) is 0 Å². The van der Waals surface area contributed by atoms with Gasteiger partial charge < -0.3 is 20.3 Å². The zero-order chi connectivity index (χ0) is 16.9. The van der Waals surface area contributed by atoms with Crippen LogP contribution in [0.4, 0.5) is 4.79 Å². The van der Waals surface area contributed by atoms with Gasteiger partial charge in [0, 0.05) is 24.7 Å². The maximum absolute atomic E-state index is 11.8. The van der Waals surface area contributed by atoms with Crippen molar-refractivity contribution in [1.82, 2.24) is 15.5 Å². The summed E-state index contributed by atoms with van der Waals surface area (Å²) >= 11 is 0. The van der Waals surface area contributed by atoms with Gasteiger partial charge in [0.05, 0.1) is 0 Å². The third-order valence-corrected chi connectivity index (χ3v) is 4.70. The largest absolute Gasteiger partial charge is 0.444 e. The third-order valence-electron chi connectivity index (χ3n) is 4.70. The van der Waals surface area contributed by atoms with E-state index in [9.17, 15) is 4.79 Å². The van der Waals surface area contributed by atoms with Crippen molar-refractivity contribution >= 4 is 6.09 Å². The van der Waals surface area contributed by atoms with Crippen LogP contribution in [-0.4, -0.2) is 54.4 Å². The number of rotatable bonds is 5. The van der Waals surface area contributed by atoms with Gasteiger partial charge in [-0.05, 0) is 79.3 Å². The molecule has 2 rings (SSSR count). The molecule has 1 heterocycles. The Kier molecular flexibility index (Phi) is 6.72. The Morgan fingerprint density at radius 1 is 1.13 bits per heavy atom. The lowest BCUT2D eigenvalue weighted by molar-refractivity contribution is 0.0489. The molecule has 1 unspecified atom stereocenters. The minimum atomic E-state index is -0.423. The van der Waals surface area contributed by atoms with E-state index in [-0.39, 0.29) is 12.1 Å². The summed E-state index contributed by atoms with van der Waals surface area (Å²) in [6, 6.07) is 1.40. The molecule has 0 spiro atoms. The molecular formula is C18H35N3O2. The van der Waals surface area contributed by atoms with Crippen LogP contribution in [0.2, 0.25) is 0 Å². The van der Waals surface area contributed by atoms with Gasteiger partial charge in [-0.2, -0.15) is 0 Å². The summed E-state index contributed by atoms with van der Waals surface area (Å²) in [5.41, 5.74) is -0.423. The Bertz CT molecular complexity index is 367. The molecule has 2 aliphatic rings. The predicted octanol–water partition coefficient (Wildman–Crippen LogP) is 2.90. The first kappa shape index (κ1) is 18.5. The molecule has 0 aromatic carbocycles. The summed E-state index contributed by atoms with van der Waals surface area (Å²) in [4.78, 5) is 14.4. The van der Waals surface area contributed by atoms with Crippen molar-refractivity contribution in [3.05, 3.63) is 0 Å². The first-order chi connectivity index (χ1) is 10.8. The maximum Gasteiger partial charge on any atom is 0.407 e. The minimum absolute atomic E-state index is 0.261. The van der Waals surface area contributed by atoms with Gasteiger partial charge >= 0.3 is 6.09 Å². The van der Waals surface area contributed by atoms with Crippen molar-refractivity contribution in [2.75, 3.05) is 19.6 Å². The van der Waals surface area contributed by atoms with Gasteiger partial charge in [-0.15, -0.1) is 0 Å². The summed E-state index contributed by atoms with van der Waals surface area (Å²) in [5, 5.41) is 6.78. The van der Waals surface area contributed by atoms with E-state index in [0.29, 0.717) is 12.1 Å². The molecule has 134 valence electrons. The first-order valence-corrected chi connectivity index (χ1v) is 9.30. The van der Waals surface area contributed by atoms with Crippen molar-refractivity contribution < 1.29 is 9.53 Å². The molecule has 1 aliphatic carbocycles. The molecular weight excluding hydrogens is 290 g/mol. The number of hydrogen-bond donors (Lipinski definition) is 2. The van der Waals surface area contributed by atoms with Crippen LogP contribution in [0.5, 0.6) is 0 Å². The van der Waals surface area contributed by atoms with E-state index in [1.165, 1.54) is 25.9 Å². The molecule has 0 bridgehead atoms. The lowest BCUT2D eigenvalue weighted by atomic mass is 9.91. The topological polar surface area (TPSA) is 53.6 Å². The van der Waals surface area contributed by atoms with Crippen LogP contribution >= 0.6 is 0 Å². The fourth-order valence-electron chi connectivity index (χ4n) is 3.69. The number of nitrogens with one attached hydrogen (secondary N) is 2. The maximum atomic E-state index is 11.8. The van der Waals surface area contributed by atoms with Gasteiger partial charge in [0.1, 0.15) is 5.60 Å². The second-order valence-electron chi connectivity index (χ2n) is 8.27. The lowest BCUT2D eigenvalue weighted by Gasteiger charge is -2.33. The van der Waals surface area contributed by atoms with Gasteiger partial charge in [0.25, 0.3) is 0 Å². The highest BCUT2D eigenvalue weighted by atomic mass is 16.6. The van der Waals surface area contributed by atoms with Crippen LogP contribution in [0.25, 0.3) is 0 Å². The first-order valence-electron chi connectivity index (χ1n) is 9.30. The number of carbonyl (C=O) groups excluding carboxylic acids is 1. The van der Waals surface area contributed by atoms with Gasteiger partial charge in [-0.3, -0.25) is 0 Å². The van der Waals surface area contributed by atoms with E-state index in [2.05, 4.69) is 22.5 Å². The Morgan fingerprint density at radius 2 is 1.70 bits per heavy atom. The number of nitrogens with zero attached hydrogens (tertiary/aromatic N) is 1. The number of ether oxygens (including phenoxy) is 1. The monoisotopic (exact) mass is 325 g/mol. The van der Waals surface area contributed by atoms with E-state index in [4.69, 9.17) is 4.74 Å². The van der Waals surface area contributed by atoms with Crippen LogP contribution in [-0.2, 0) is 4.74 Å². The molecule has 0 aromatic rings. The molecule has 2 fully saturated rings. The van der Waals surface area contributed by atoms with Gasteiger partial charge in [0.15, 0.2) is 0 Å². The number of carbonyl (C=O) groups is 1. The van der Waals surface area contributed by atoms with Crippen molar-refractivity contribution in [2.45, 2.75) is 89.9 Å². The Morgan fingerprint density at radius 3 is 2.26 bits per heavy atom. The Balaban J connectivity index is 1.62. The molecule has 2 N–H and O–H groups in total. The number of likely N-dealkylation sites (tertiary alicyclic amines) is 1. The molecule has 1 amide bonds. The van der Waals surface area contributed by atoms with Crippen molar-refractivity contribution in [1.29, 1.82) is 0 Å². The molecule has 5 nitrogen and oxygen atoms in total. The highest BCUT2D eigenvalue weighted by Crippen LogP contribution is 2.20. The highest BCUT2D eigenvalue weighted by Gasteiger charge is 2.25. The number of alkyl carbamates (subject to hydrolysis) is 1. The van der Waals surface area contributed by atoms with Crippen LogP contribution in [0, 0.1) is 0 Å². The molecule has 23 heavy (non-hydrogen) atoms. The van der Waals surface area contributed by atoms with Gasteiger partial charge in [-0.1, -0.05) is 0 Å². The van der Waals surface area contributed by atoms with E-state index in [1.807, 2.05) is 20.8 Å². The average Bonchev–Trinajstić information content (AvgIpc) is 2.91. The van der Waals surface area contributed by atoms with Crippen molar-refractivity contribution in [3.63, 3.8) is 0 Å². The molecule has 5 heteroatoms. The zero-order valence-electron chi connectivity index (χ0n) is 15.4. The van der Waals surface area contributed by atoms with E-state index in [0.717, 1.165) is 32.2 Å². The molecule has 1 atom stereocenters. The summed E-state index contributed by atoms with van der Waals surface area (Å²) in [7, 11) is 0. The second kappa shape index (κ2) is 8.34. The Hall–Kier alpha value is -0.810. The molecule has 1 aliphatic heterocycles. The van der Waals surface area contributed by atoms with Crippen molar-refractivity contribution in [3.8, 4) is 0 Å². The quantitative estimate of drug-likeness (QED) is 0.816.